The molecule has 1 saturated heterocycles. The highest BCUT2D eigenvalue weighted by Crippen LogP contribution is 2.15. The van der Waals surface area contributed by atoms with Crippen LogP contribution in [0.3, 0.4) is 0 Å². The second-order valence-electron chi connectivity index (χ2n) is 5.13. The maximum atomic E-state index is 3.45. The standard InChI is InChI=1S/C11H25N3/c1-11(2)10-12-6-9-14(11)8-5-7-13(3)4/h12H,5-10H2,1-4H3. The predicted octanol–water partition coefficient (Wildman–Crippen LogP) is 0.622. The van der Waals surface area contributed by atoms with Gasteiger partial charge in [0.25, 0.3) is 0 Å². The van der Waals surface area contributed by atoms with E-state index in [0.717, 1.165) is 13.1 Å². The molecule has 1 N–H and O–H groups in total. The van der Waals surface area contributed by atoms with Crippen LogP contribution < -0.4 is 5.32 Å². The number of hydrogen-bond acceptors (Lipinski definition) is 3. The van der Waals surface area contributed by atoms with Crippen molar-refractivity contribution < 1.29 is 0 Å². The third-order valence-electron chi connectivity index (χ3n) is 3.01. The van der Waals surface area contributed by atoms with Crippen LogP contribution in [0.1, 0.15) is 20.3 Å². The summed E-state index contributed by atoms with van der Waals surface area (Å²) in [5, 5.41) is 3.45. The summed E-state index contributed by atoms with van der Waals surface area (Å²) >= 11 is 0. The Morgan fingerprint density at radius 2 is 2.07 bits per heavy atom. The average molecular weight is 199 g/mol. The van der Waals surface area contributed by atoms with Gasteiger partial charge in [-0.15, -0.1) is 0 Å². The molecule has 84 valence electrons. The monoisotopic (exact) mass is 199 g/mol. The van der Waals surface area contributed by atoms with Crippen molar-refractivity contribution in [3.8, 4) is 0 Å². The van der Waals surface area contributed by atoms with Gasteiger partial charge >= 0.3 is 0 Å². The molecule has 3 heteroatoms. The fourth-order valence-corrected chi connectivity index (χ4v) is 2.02. The fourth-order valence-electron chi connectivity index (χ4n) is 2.02. The smallest absolute Gasteiger partial charge is 0.0278 e. The Labute approximate surface area is 88.5 Å². The van der Waals surface area contributed by atoms with E-state index < -0.39 is 0 Å². The van der Waals surface area contributed by atoms with E-state index in [1.54, 1.807) is 0 Å². The van der Waals surface area contributed by atoms with Crippen molar-refractivity contribution in [2.75, 3.05) is 46.8 Å². The topological polar surface area (TPSA) is 18.5 Å². The third kappa shape index (κ3) is 3.56. The van der Waals surface area contributed by atoms with Crippen molar-refractivity contribution in [2.45, 2.75) is 25.8 Å². The lowest BCUT2D eigenvalue weighted by molar-refractivity contribution is 0.0870. The SMILES string of the molecule is CN(C)CCCN1CCNCC1(C)C. The van der Waals surface area contributed by atoms with E-state index >= 15 is 0 Å². The van der Waals surface area contributed by atoms with Crippen molar-refractivity contribution in [3.63, 3.8) is 0 Å². The van der Waals surface area contributed by atoms with Gasteiger partial charge in [0.15, 0.2) is 0 Å². The fraction of sp³-hybridized carbons (Fsp3) is 1.00. The van der Waals surface area contributed by atoms with E-state index in [2.05, 4.69) is 43.1 Å². The molecule has 0 bridgehead atoms. The third-order valence-corrected chi connectivity index (χ3v) is 3.01. The molecule has 0 aliphatic carbocycles. The van der Waals surface area contributed by atoms with Crippen molar-refractivity contribution >= 4 is 0 Å². The van der Waals surface area contributed by atoms with Crippen LogP contribution in [0.2, 0.25) is 0 Å². The molecule has 0 amide bonds. The molecule has 1 aliphatic rings. The van der Waals surface area contributed by atoms with Crippen LogP contribution in [0.4, 0.5) is 0 Å². The zero-order valence-electron chi connectivity index (χ0n) is 10.1. The predicted molar refractivity (Wildman–Crippen MR) is 61.7 cm³/mol. The van der Waals surface area contributed by atoms with Crippen LogP contribution in [0.25, 0.3) is 0 Å². The van der Waals surface area contributed by atoms with E-state index in [1.807, 2.05) is 0 Å². The second kappa shape index (κ2) is 5.10. The Kier molecular flexibility index (Phi) is 4.35. The van der Waals surface area contributed by atoms with Crippen LogP contribution >= 0.6 is 0 Å². The molecule has 0 aromatic carbocycles. The molecule has 0 unspecified atom stereocenters. The van der Waals surface area contributed by atoms with E-state index in [0.29, 0.717) is 5.54 Å². The van der Waals surface area contributed by atoms with Crippen molar-refractivity contribution in [1.82, 2.24) is 15.1 Å². The molecule has 14 heavy (non-hydrogen) atoms. The molecule has 3 nitrogen and oxygen atoms in total. The van der Waals surface area contributed by atoms with Gasteiger partial charge in [-0.05, 0) is 47.5 Å². The van der Waals surface area contributed by atoms with Gasteiger partial charge in [-0.3, -0.25) is 4.90 Å². The summed E-state index contributed by atoms with van der Waals surface area (Å²) in [5.74, 6) is 0. The first-order valence-electron chi connectivity index (χ1n) is 5.63. The van der Waals surface area contributed by atoms with Crippen molar-refractivity contribution in [3.05, 3.63) is 0 Å². The molecule has 1 heterocycles. The minimum atomic E-state index is 0.338. The Morgan fingerprint density at radius 3 is 2.64 bits per heavy atom. The summed E-state index contributed by atoms with van der Waals surface area (Å²) in [6.07, 6.45) is 1.27. The highest BCUT2D eigenvalue weighted by atomic mass is 15.2. The lowest BCUT2D eigenvalue weighted by Crippen LogP contribution is -2.58. The Hall–Kier alpha value is -0.120. The average Bonchev–Trinajstić information content (AvgIpc) is 2.07. The minimum Gasteiger partial charge on any atom is -0.314 e. The van der Waals surface area contributed by atoms with Gasteiger partial charge in [0, 0.05) is 25.2 Å². The van der Waals surface area contributed by atoms with Gasteiger partial charge in [0.05, 0.1) is 0 Å². The van der Waals surface area contributed by atoms with Crippen LogP contribution in [-0.2, 0) is 0 Å². The summed E-state index contributed by atoms with van der Waals surface area (Å²) in [7, 11) is 4.28. The highest BCUT2D eigenvalue weighted by molar-refractivity contribution is 4.88. The summed E-state index contributed by atoms with van der Waals surface area (Å²) in [5.41, 5.74) is 0.338. The Balaban J connectivity index is 2.27. The summed E-state index contributed by atoms with van der Waals surface area (Å²) < 4.78 is 0. The first-order chi connectivity index (χ1) is 6.52. The molecule has 0 atom stereocenters. The first kappa shape index (κ1) is 12.0. The zero-order valence-corrected chi connectivity index (χ0v) is 10.1. The van der Waals surface area contributed by atoms with Gasteiger partial charge in [-0.2, -0.15) is 0 Å². The maximum absolute atomic E-state index is 3.45. The molecular formula is C11H25N3. The van der Waals surface area contributed by atoms with Gasteiger partial charge < -0.3 is 10.2 Å². The van der Waals surface area contributed by atoms with Crippen molar-refractivity contribution in [2.24, 2.45) is 0 Å². The van der Waals surface area contributed by atoms with Crippen LogP contribution in [0, 0.1) is 0 Å². The van der Waals surface area contributed by atoms with Gasteiger partial charge in [-0.25, -0.2) is 0 Å². The zero-order chi connectivity index (χ0) is 10.6. The minimum absolute atomic E-state index is 0.338. The molecule has 1 fully saturated rings. The molecular weight excluding hydrogens is 174 g/mol. The molecule has 1 rings (SSSR count). The molecule has 0 spiro atoms. The van der Waals surface area contributed by atoms with E-state index in [1.165, 1.54) is 26.1 Å². The van der Waals surface area contributed by atoms with Gasteiger partial charge in [0.1, 0.15) is 0 Å². The number of rotatable bonds is 4. The van der Waals surface area contributed by atoms with Crippen LogP contribution in [0.5, 0.6) is 0 Å². The molecule has 1 aliphatic heterocycles. The van der Waals surface area contributed by atoms with Gasteiger partial charge in [0.2, 0.25) is 0 Å². The normalized spacial score (nSPS) is 22.9. The number of piperazine rings is 1. The molecule has 0 radical (unpaired) electrons. The van der Waals surface area contributed by atoms with Crippen LogP contribution in [0.15, 0.2) is 0 Å². The molecule has 0 saturated carbocycles. The molecule has 0 aromatic heterocycles. The van der Waals surface area contributed by atoms with Crippen molar-refractivity contribution in [1.29, 1.82) is 0 Å². The van der Waals surface area contributed by atoms with E-state index in [4.69, 9.17) is 0 Å². The number of hydrogen-bond donors (Lipinski definition) is 1. The first-order valence-corrected chi connectivity index (χ1v) is 5.63. The summed E-state index contributed by atoms with van der Waals surface area (Å²) in [4.78, 5) is 4.86. The molecule has 0 aromatic rings. The summed E-state index contributed by atoms with van der Waals surface area (Å²) in [6.45, 7) is 10.5. The quantitative estimate of drug-likeness (QED) is 0.716. The Morgan fingerprint density at radius 1 is 1.36 bits per heavy atom. The largest absolute Gasteiger partial charge is 0.314 e. The summed E-state index contributed by atoms with van der Waals surface area (Å²) in [6, 6.07) is 0. The highest BCUT2D eigenvalue weighted by Gasteiger charge is 2.28. The lowest BCUT2D eigenvalue weighted by atomic mass is 10.00. The second-order valence-corrected chi connectivity index (χ2v) is 5.13. The number of nitrogens with one attached hydrogen (secondary N) is 1. The van der Waals surface area contributed by atoms with Gasteiger partial charge in [-0.1, -0.05) is 0 Å². The van der Waals surface area contributed by atoms with Crippen LogP contribution in [-0.4, -0.2) is 62.2 Å². The number of nitrogens with zero attached hydrogens (tertiary/aromatic N) is 2. The Bertz CT molecular complexity index is 166. The van der Waals surface area contributed by atoms with E-state index in [9.17, 15) is 0 Å². The lowest BCUT2D eigenvalue weighted by Gasteiger charge is -2.43. The van der Waals surface area contributed by atoms with E-state index in [-0.39, 0.29) is 0 Å². The maximum Gasteiger partial charge on any atom is 0.0278 e.